The van der Waals surface area contributed by atoms with Crippen LogP contribution in [0.5, 0.6) is 0 Å². The number of hydrogen-bond acceptors (Lipinski definition) is 2. The van der Waals surface area contributed by atoms with Crippen molar-refractivity contribution in [2.45, 2.75) is 0 Å². The van der Waals surface area contributed by atoms with Gasteiger partial charge in [-0.2, -0.15) is 0 Å². The number of aromatic nitrogens is 1. The van der Waals surface area contributed by atoms with Crippen LogP contribution in [0, 0.1) is 11.6 Å². The zero-order valence-corrected chi connectivity index (χ0v) is 11.0. The first-order valence-corrected chi connectivity index (χ1v) is 6.27. The molecule has 0 saturated carbocycles. The standard InChI is InChI=1S/C15H9ClF2N2/c16-12-8-10(2-4-13(12)18)20-14-5-6-19-15-7-9(17)1-3-11(14)15/h1-8H,(H,19,20). The molecule has 20 heavy (non-hydrogen) atoms. The fourth-order valence-corrected chi connectivity index (χ4v) is 2.14. The Hall–Kier alpha value is -2.20. The second kappa shape index (κ2) is 5.06. The lowest BCUT2D eigenvalue weighted by Gasteiger charge is -2.10. The van der Waals surface area contributed by atoms with Crippen molar-refractivity contribution in [3.63, 3.8) is 0 Å². The van der Waals surface area contributed by atoms with E-state index in [1.165, 1.54) is 24.3 Å². The molecule has 0 spiro atoms. The van der Waals surface area contributed by atoms with Crippen molar-refractivity contribution < 1.29 is 8.78 Å². The van der Waals surface area contributed by atoms with Crippen LogP contribution < -0.4 is 5.32 Å². The molecule has 0 aliphatic heterocycles. The lowest BCUT2D eigenvalue weighted by Crippen LogP contribution is -1.93. The Labute approximate surface area is 119 Å². The van der Waals surface area contributed by atoms with Gasteiger partial charge in [-0.1, -0.05) is 11.6 Å². The Bertz CT molecular complexity index is 790. The second-order valence-corrected chi connectivity index (χ2v) is 4.68. The lowest BCUT2D eigenvalue weighted by atomic mass is 10.1. The Balaban J connectivity index is 2.04. The molecule has 1 aromatic heterocycles. The van der Waals surface area contributed by atoms with E-state index in [-0.39, 0.29) is 10.8 Å². The van der Waals surface area contributed by atoms with Gasteiger partial charge in [0.25, 0.3) is 0 Å². The molecule has 1 heterocycles. The first-order chi connectivity index (χ1) is 9.63. The quantitative estimate of drug-likeness (QED) is 0.725. The highest BCUT2D eigenvalue weighted by Gasteiger charge is 2.05. The van der Waals surface area contributed by atoms with Gasteiger partial charge in [0.2, 0.25) is 0 Å². The van der Waals surface area contributed by atoms with Gasteiger partial charge >= 0.3 is 0 Å². The molecule has 0 amide bonds. The Kier molecular flexibility index (Phi) is 3.24. The molecule has 0 fully saturated rings. The number of hydrogen-bond donors (Lipinski definition) is 1. The van der Waals surface area contributed by atoms with Crippen LogP contribution >= 0.6 is 11.6 Å². The minimum atomic E-state index is -0.473. The van der Waals surface area contributed by atoms with E-state index in [4.69, 9.17) is 11.6 Å². The van der Waals surface area contributed by atoms with Crippen molar-refractivity contribution in [3.05, 3.63) is 65.3 Å². The fraction of sp³-hybridized carbons (Fsp3) is 0. The minimum absolute atomic E-state index is 0.0411. The van der Waals surface area contributed by atoms with Gasteiger partial charge in [0, 0.05) is 29.0 Å². The summed E-state index contributed by atoms with van der Waals surface area (Å²) in [6, 6.07) is 10.5. The van der Waals surface area contributed by atoms with Gasteiger partial charge in [-0.25, -0.2) is 8.78 Å². The first kappa shape index (κ1) is 12.8. The van der Waals surface area contributed by atoms with Crippen LogP contribution in [0.25, 0.3) is 10.9 Å². The molecule has 100 valence electrons. The average Bonchev–Trinajstić information content (AvgIpc) is 2.43. The third-order valence-electron chi connectivity index (χ3n) is 2.90. The third-order valence-corrected chi connectivity index (χ3v) is 3.19. The van der Waals surface area contributed by atoms with Crippen molar-refractivity contribution >= 4 is 33.9 Å². The summed E-state index contributed by atoms with van der Waals surface area (Å²) in [6.07, 6.45) is 1.58. The zero-order valence-electron chi connectivity index (χ0n) is 10.2. The molecule has 3 rings (SSSR count). The Morgan fingerprint density at radius 1 is 1.00 bits per heavy atom. The van der Waals surface area contributed by atoms with E-state index in [9.17, 15) is 8.78 Å². The summed E-state index contributed by atoms with van der Waals surface area (Å²) >= 11 is 5.74. The predicted octanol–water partition coefficient (Wildman–Crippen LogP) is 4.91. The number of pyridine rings is 1. The average molecular weight is 291 g/mol. The van der Waals surface area contributed by atoms with E-state index in [0.29, 0.717) is 11.2 Å². The largest absolute Gasteiger partial charge is 0.355 e. The van der Waals surface area contributed by atoms with Crippen molar-refractivity contribution in [1.82, 2.24) is 4.98 Å². The summed E-state index contributed by atoms with van der Waals surface area (Å²) in [6.45, 7) is 0. The van der Waals surface area contributed by atoms with Crippen LogP contribution in [0.2, 0.25) is 5.02 Å². The summed E-state index contributed by atoms with van der Waals surface area (Å²) in [4.78, 5) is 4.11. The first-order valence-electron chi connectivity index (χ1n) is 5.90. The molecular formula is C15H9ClF2N2. The van der Waals surface area contributed by atoms with Crippen LogP contribution in [0.1, 0.15) is 0 Å². The zero-order chi connectivity index (χ0) is 14.1. The molecule has 2 nitrogen and oxygen atoms in total. The van der Waals surface area contributed by atoms with Gasteiger partial charge in [-0.15, -0.1) is 0 Å². The number of benzene rings is 2. The number of nitrogens with zero attached hydrogens (tertiary/aromatic N) is 1. The van der Waals surface area contributed by atoms with Crippen molar-refractivity contribution in [2.75, 3.05) is 5.32 Å². The molecular weight excluding hydrogens is 282 g/mol. The van der Waals surface area contributed by atoms with Gasteiger partial charge in [-0.3, -0.25) is 4.98 Å². The summed E-state index contributed by atoms with van der Waals surface area (Å²) in [5.74, 6) is -0.814. The molecule has 0 bridgehead atoms. The summed E-state index contributed by atoms with van der Waals surface area (Å²) in [5.41, 5.74) is 1.94. The van der Waals surface area contributed by atoms with E-state index in [2.05, 4.69) is 10.3 Å². The van der Waals surface area contributed by atoms with Gasteiger partial charge in [-0.05, 0) is 36.4 Å². The highest BCUT2D eigenvalue weighted by Crippen LogP contribution is 2.27. The summed E-state index contributed by atoms with van der Waals surface area (Å²) in [5, 5.41) is 3.93. The Morgan fingerprint density at radius 2 is 1.85 bits per heavy atom. The maximum absolute atomic E-state index is 13.2. The van der Waals surface area contributed by atoms with Crippen LogP contribution in [-0.4, -0.2) is 4.98 Å². The normalized spacial score (nSPS) is 10.8. The second-order valence-electron chi connectivity index (χ2n) is 4.27. The van der Waals surface area contributed by atoms with Crippen molar-refractivity contribution in [2.24, 2.45) is 0 Å². The smallest absolute Gasteiger partial charge is 0.141 e. The molecule has 1 N–H and O–H groups in total. The van der Waals surface area contributed by atoms with E-state index in [0.717, 1.165) is 11.1 Å². The van der Waals surface area contributed by atoms with Gasteiger partial charge < -0.3 is 5.32 Å². The maximum atomic E-state index is 13.2. The van der Waals surface area contributed by atoms with E-state index in [1.54, 1.807) is 24.4 Å². The van der Waals surface area contributed by atoms with Crippen molar-refractivity contribution in [1.29, 1.82) is 0 Å². The molecule has 0 aliphatic carbocycles. The number of halogens is 3. The highest BCUT2D eigenvalue weighted by atomic mass is 35.5. The number of fused-ring (bicyclic) bond motifs is 1. The van der Waals surface area contributed by atoms with E-state index >= 15 is 0 Å². The van der Waals surface area contributed by atoms with Crippen molar-refractivity contribution in [3.8, 4) is 0 Å². The molecule has 3 aromatic rings. The van der Waals surface area contributed by atoms with Crippen LogP contribution in [0.3, 0.4) is 0 Å². The highest BCUT2D eigenvalue weighted by molar-refractivity contribution is 6.31. The van der Waals surface area contributed by atoms with Crippen LogP contribution in [0.15, 0.2) is 48.7 Å². The molecule has 0 atom stereocenters. The predicted molar refractivity (Wildman–Crippen MR) is 76.4 cm³/mol. The molecule has 0 radical (unpaired) electrons. The topological polar surface area (TPSA) is 24.9 Å². The monoisotopic (exact) mass is 290 g/mol. The maximum Gasteiger partial charge on any atom is 0.141 e. The number of nitrogens with one attached hydrogen (secondary N) is 1. The fourth-order valence-electron chi connectivity index (χ4n) is 1.96. The minimum Gasteiger partial charge on any atom is -0.355 e. The molecule has 0 unspecified atom stereocenters. The van der Waals surface area contributed by atoms with Gasteiger partial charge in [0.15, 0.2) is 0 Å². The number of rotatable bonds is 2. The third kappa shape index (κ3) is 2.42. The van der Waals surface area contributed by atoms with Crippen LogP contribution in [-0.2, 0) is 0 Å². The molecule has 0 aliphatic rings. The Morgan fingerprint density at radius 3 is 2.65 bits per heavy atom. The lowest BCUT2D eigenvalue weighted by molar-refractivity contribution is 0.628. The van der Waals surface area contributed by atoms with Gasteiger partial charge in [0.1, 0.15) is 11.6 Å². The summed E-state index contributed by atoms with van der Waals surface area (Å²) in [7, 11) is 0. The molecule has 0 saturated heterocycles. The molecule has 5 heteroatoms. The van der Waals surface area contributed by atoms with E-state index in [1.807, 2.05) is 0 Å². The number of anilines is 2. The van der Waals surface area contributed by atoms with E-state index < -0.39 is 5.82 Å². The summed E-state index contributed by atoms with van der Waals surface area (Å²) < 4.78 is 26.3. The van der Waals surface area contributed by atoms with Crippen LogP contribution in [0.4, 0.5) is 20.2 Å². The SMILES string of the molecule is Fc1ccc2c(Nc3ccc(F)c(Cl)c3)ccnc2c1. The van der Waals surface area contributed by atoms with Gasteiger partial charge in [0.05, 0.1) is 10.5 Å². The molecule has 2 aromatic carbocycles.